The first-order valence-electron chi connectivity index (χ1n) is 7.08. The number of nitrogens with zero attached hydrogens (tertiary/aromatic N) is 5. The van der Waals surface area contributed by atoms with Gasteiger partial charge in [0.15, 0.2) is 0 Å². The number of hydrogen-bond acceptors (Lipinski definition) is 6. The topological polar surface area (TPSA) is 85.2 Å². The molecule has 1 aliphatic heterocycles. The fourth-order valence-corrected chi connectivity index (χ4v) is 2.56. The minimum atomic E-state index is -0.135. The van der Waals surface area contributed by atoms with Crippen LogP contribution in [0.1, 0.15) is 11.7 Å². The second-order valence-electron chi connectivity index (χ2n) is 5.09. The number of carbonyl (C=O) groups is 1. The van der Waals surface area contributed by atoms with E-state index in [0.29, 0.717) is 25.6 Å². The first-order valence-corrected chi connectivity index (χ1v) is 7.08. The number of methoxy groups -OCH3 is 1. The minimum Gasteiger partial charge on any atom is -0.375 e. The van der Waals surface area contributed by atoms with Crippen LogP contribution in [0.15, 0.2) is 30.7 Å². The first-order chi connectivity index (χ1) is 10.8. The van der Waals surface area contributed by atoms with E-state index in [1.165, 1.54) is 7.11 Å². The van der Waals surface area contributed by atoms with Crippen molar-refractivity contribution in [1.29, 1.82) is 0 Å². The summed E-state index contributed by atoms with van der Waals surface area (Å²) in [4.78, 5) is 22.3. The lowest BCUT2D eigenvalue weighted by Gasteiger charge is -2.33. The molecule has 8 heteroatoms. The predicted molar refractivity (Wildman–Crippen MR) is 79.2 cm³/mol. The molecule has 0 aliphatic carbocycles. The summed E-state index contributed by atoms with van der Waals surface area (Å²) < 4.78 is 6.77. The van der Waals surface area contributed by atoms with E-state index in [-0.39, 0.29) is 18.6 Å². The Bertz CT molecular complexity index is 629. The molecule has 0 spiro atoms. The molecule has 0 aromatic carbocycles. The zero-order valence-corrected chi connectivity index (χ0v) is 12.3. The summed E-state index contributed by atoms with van der Waals surface area (Å²) >= 11 is 0. The Labute approximate surface area is 128 Å². The molecule has 0 fully saturated rings. The average Bonchev–Trinajstić information content (AvgIpc) is 3.02. The second-order valence-corrected chi connectivity index (χ2v) is 5.09. The van der Waals surface area contributed by atoms with E-state index < -0.39 is 0 Å². The van der Waals surface area contributed by atoms with Crippen molar-refractivity contribution in [3.8, 4) is 0 Å². The van der Waals surface area contributed by atoms with Gasteiger partial charge in [-0.2, -0.15) is 5.10 Å². The summed E-state index contributed by atoms with van der Waals surface area (Å²) in [6.07, 6.45) is 5.22. The second kappa shape index (κ2) is 6.52. The predicted octanol–water partition coefficient (Wildman–Crippen LogP) is -0.00300. The minimum absolute atomic E-state index is 0.0309. The van der Waals surface area contributed by atoms with Crippen LogP contribution in [0.3, 0.4) is 0 Å². The van der Waals surface area contributed by atoms with Gasteiger partial charge in [-0.25, -0.2) is 9.97 Å². The highest BCUT2D eigenvalue weighted by Crippen LogP contribution is 2.22. The van der Waals surface area contributed by atoms with E-state index >= 15 is 0 Å². The van der Waals surface area contributed by atoms with E-state index in [9.17, 15) is 4.79 Å². The number of hydrogen-bond donors (Lipinski definition) is 1. The van der Waals surface area contributed by atoms with Gasteiger partial charge in [-0.1, -0.05) is 0 Å². The van der Waals surface area contributed by atoms with Crippen LogP contribution in [0.5, 0.6) is 0 Å². The zero-order valence-electron chi connectivity index (χ0n) is 12.3. The van der Waals surface area contributed by atoms with E-state index in [1.54, 1.807) is 24.7 Å². The molecule has 116 valence electrons. The van der Waals surface area contributed by atoms with Gasteiger partial charge in [-0.05, 0) is 12.1 Å². The number of nitrogens with one attached hydrogen (secondary N) is 1. The molecule has 0 saturated carbocycles. The third-order valence-electron chi connectivity index (χ3n) is 3.53. The highest BCUT2D eigenvalue weighted by atomic mass is 16.5. The fourth-order valence-electron chi connectivity index (χ4n) is 2.56. The van der Waals surface area contributed by atoms with Crippen molar-refractivity contribution in [2.45, 2.75) is 12.6 Å². The van der Waals surface area contributed by atoms with E-state index in [1.807, 2.05) is 10.7 Å². The number of aromatic nitrogens is 4. The van der Waals surface area contributed by atoms with Gasteiger partial charge >= 0.3 is 0 Å². The van der Waals surface area contributed by atoms with Crippen molar-refractivity contribution in [2.75, 3.05) is 31.7 Å². The summed E-state index contributed by atoms with van der Waals surface area (Å²) in [7, 11) is 1.50. The highest BCUT2D eigenvalue weighted by molar-refractivity contribution is 5.77. The van der Waals surface area contributed by atoms with E-state index in [4.69, 9.17) is 4.74 Å². The Kier molecular flexibility index (Phi) is 4.29. The first kappa shape index (κ1) is 14.5. The largest absolute Gasteiger partial charge is 0.375 e. The number of carbonyl (C=O) groups excluding carboxylic acids is 1. The van der Waals surface area contributed by atoms with Crippen LogP contribution in [0.4, 0.5) is 5.95 Å². The van der Waals surface area contributed by atoms with Gasteiger partial charge in [-0.3, -0.25) is 9.48 Å². The standard InChI is InChI=1S/C14H18N6O2/c1-22-10-13(21)17-7-12-9-19(14-15-4-2-5-16-14)8-11-3-6-18-20(11)12/h2-6,12H,7-10H2,1H3,(H,17,21)/t12-/m0/s1. The van der Waals surface area contributed by atoms with Crippen LogP contribution in [0.2, 0.25) is 0 Å². The fraction of sp³-hybridized carbons (Fsp3) is 0.429. The molecule has 22 heavy (non-hydrogen) atoms. The maximum atomic E-state index is 11.6. The number of fused-ring (bicyclic) bond motifs is 1. The number of amides is 1. The molecule has 8 nitrogen and oxygen atoms in total. The lowest BCUT2D eigenvalue weighted by Crippen LogP contribution is -2.44. The lowest BCUT2D eigenvalue weighted by atomic mass is 10.2. The van der Waals surface area contributed by atoms with Crippen molar-refractivity contribution in [1.82, 2.24) is 25.1 Å². The molecule has 0 saturated heterocycles. The van der Waals surface area contributed by atoms with Crippen LogP contribution in [-0.2, 0) is 16.1 Å². The normalized spacial score (nSPS) is 17.1. The quantitative estimate of drug-likeness (QED) is 0.836. The number of anilines is 1. The lowest BCUT2D eigenvalue weighted by molar-refractivity contribution is -0.124. The van der Waals surface area contributed by atoms with Crippen LogP contribution in [-0.4, -0.2) is 52.5 Å². The van der Waals surface area contributed by atoms with Gasteiger partial charge in [0.05, 0.1) is 18.3 Å². The highest BCUT2D eigenvalue weighted by Gasteiger charge is 2.27. The van der Waals surface area contributed by atoms with E-state index in [2.05, 4.69) is 25.3 Å². The number of ether oxygens (including phenoxy) is 1. The van der Waals surface area contributed by atoms with Crippen molar-refractivity contribution >= 4 is 11.9 Å². The molecule has 2 aromatic heterocycles. The van der Waals surface area contributed by atoms with Crippen LogP contribution in [0.25, 0.3) is 0 Å². The Balaban J connectivity index is 1.74. The zero-order chi connectivity index (χ0) is 15.4. The third-order valence-corrected chi connectivity index (χ3v) is 3.53. The smallest absolute Gasteiger partial charge is 0.246 e. The molecule has 0 unspecified atom stereocenters. The van der Waals surface area contributed by atoms with Gasteiger partial charge in [0.1, 0.15) is 6.61 Å². The van der Waals surface area contributed by atoms with Crippen molar-refractivity contribution < 1.29 is 9.53 Å². The molecule has 1 amide bonds. The molecule has 2 aromatic rings. The van der Waals surface area contributed by atoms with Gasteiger partial charge in [0.2, 0.25) is 11.9 Å². The monoisotopic (exact) mass is 302 g/mol. The summed E-state index contributed by atoms with van der Waals surface area (Å²) in [5.41, 5.74) is 1.07. The van der Waals surface area contributed by atoms with Gasteiger partial charge < -0.3 is 15.0 Å². The summed E-state index contributed by atoms with van der Waals surface area (Å²) in [6, 6.07) is 3.79. The van der Waals surface area contributed by atoms with E-state index in [0.717, 1.165) is 5.69 Å². The van der Waals surface area contributed by atoms with Gasteiger partial charge in [-0.15, -0.1) is 0 Å². The van der Waals surface area contributed by atoms with Crippen molar-refractivity contribution in [3.63, 3.8) is 0 Å². The maximum Gasteiger partial charge on any atom is 0.246 e. The molecule has 1 aliphatic rings. The molecule has 1 N–H and O–H groups in total. The Hall–Kier alpha value is -2.48. The van der Waals surface area contributed by atoms with Crippen molar-refractivity contribution in [2.24, 2.45) is 0 Å². The molecule has 3 rings (SSSR count). The SMILES string of the molecule is COCC(=O)NC[C@H]1CN(c2ncccn2)Cc2ccnn21. The molecular weight excluding hydrogens is 284 g/mol. The Morgan fingerprint density at radius 1 is 1.41 bits per heavy atom. The number of rotatable bonds is 5. The van der Waals surface area contributed by atoms with Crippen LogP contribution < -0.4 is 10.2 Å². The maximum absolute atomic E-state index is 11.6. The van der Waals surface area contributed by atoms with Crippen LogP contribution in [0, 0.1) is 0 Å². The molecule has 0 bridgehead atoms. The van der Waals surface area contributed by atoms with Crippen LogP contribution >= 0.6 is 0 Å². The molecular formula is C14H18N6O2. The summed E-state index contributed by atoms with van der Waals surface area (Å²) in [5.74, 6) is 0.549. The molecule has 1 atom stereocenters. The van der Waals surface area contributed by atoms with Crippen molar-refractivity contribution in [3.05, 3.63) is 36.4 Å². The van der Waals surface area contributed by atoms with Gasteiger partial charge in [0.25, 0.3) is 0 Å². The summed E-state index contributed by atoms with van der Waals surface area (Å²) in [5, 5.41) is 7.22. The summed E-state index contributed by atoms with van der Waals surface area (Å²) in [6.45, 7) is 1.93. The average molecular weight is 302 g/mol. The Morgan fingerprint density at radius 2 is 2.23 bits per heavy atom. The van der Waals surface area contributed by atoms with Gasteiger partial charge in [0, 0.05) is 38.8 Å². The third kappa shape index (κ3) is 3.06. The molecule has 0 radical (unpaired) electrons. The molecule has 3 heterocycles. The Morgan fingerprint density at radius 3 is 3.00 bits per heavy atom.